The molecule has 2 heteroatoms. The smallest absolute Gasteiger partial charge is 0.0195 e. The van der Waals surface area contributed by atoms with E-state index in [1.165, 1.54) is 71.0 Å². The first-order valence-electron chi connectivity index (χ1n) is 7.39. The van der Waals surface area contributed by atoms with E-state index in [1.807, 2.05) is 0 Å². The second kappa shape index (κ2) is 5.05. The van der Waals surface area contributed by atoms with E-state index in [0.717, 1.165) is 18.0 Å². The number of piperidine rings is 1. The van der Waals surface area contributed by atoms with E-state index < -0.39 is 0 Å². The van der Waals surface area contributed by atoms with Crippen molar-refractivity contribution < 1.29 is 0 Å². The average Bonchev–Trinajstić information content (AvgIpc) is 2.13. The molecule has 1 atom stereocenters. The van der Waals surface area contributed by atoms with Gasteiger partial charge in [0.15, 0.2) is 0 Å². The number of nitrogens with one attached hydrogen (secondary N) is 1. The lowest BCUT2D eigenvalue weighted by molar-refractivity contribution is 0.0851. The molecule has 3 aliphatic rings. The van der Waals surface area contributed by atoms with Gasteiger partial charge >= 0.3 is 0 Å². The fourth-order valence-corrected chi connectivity index (χ4v) is 3.29. The van der Waals surface area contributed by atoms with Crippen molar-refractivity contribution >= 4 is 0 Å². The Bertz CT molecular complexity index is 221. The molecule has 2 nitrogen and oxygen atoms in total. The summed E-state index contributed by atoms with van der Waals surface area (Å²) in [5.74, 6) is 1.01. The Balaban J connectivity index is 1.40. The first kappa shape index (κ1) is 11.0. The molecular formula is C14H26N2. The lowest BCUT2D eigenvalue weighted by Gasteiger charge is -2.43. The summed E-state index contributed by atoms with van der Waals surface area (Å²) in [7, 11) is 0. The van der Waals surface area contributed by atoms with Crippen molar-refractivity contribution in [2.24, 2.45) is 5.92 Å². The summed E-state index contributed by atoms with van der Waals surface area (Å²) in [6, 6.07) is 1.75. The summed E-state index contributed by atoms with van der Waals surface area (Å²) in [5.41, 5.74) is 0. The molecule has 0 bridgehead atoms. The van der Waals surface area contributed by atoms with E-state index in [-0.39, 0.29) is 0 Å². The molecule has 2 saturated carbocycles. The fraction of sp³-hybridized carbons (Fsp3) is 1.00. The quantitative estimate of drug-likeness (QED) is 0.786. The Morgan fingerprint density at radius 1 is 0.938 bits per heavy atom. The van der Waals surface area contributed by atoms with Gasteiger partial charge in [0.25, 0.3) is 0 Å². The van der Waals surface area contributed by atoms with Crippen LogP contribution in [0.1, 0.15) is 51.4 Å². The monoisotopic (exact) mass is 222 g/mol. The van der Waals surface area contributed by atoms with Gasteiger partial charge in [0, 0.05) is 18.6 Å². The van der Waals surface area contributed by atoms with Crippen LogP contribution in [0.4, 0.5) is 0 Å². The standard InChI is InChI=1S/C14H26N2/c1-4-12(5-1)10-15-13-6-3-9-16(11-13)14-7-2-8-14/h12-15H,1-11H2. The predicted molar refractivity (Wildman–Crippen MR) is 67.6 cm³/mol. The summed E-state index contributed by atoms with van der Waals surface area (Å²) < 4.78 is 0. The van der Waals surface area contributed by atoms with Crippen LogP contribution >= 0.6 is 0 Å². The van der Waals surface area contributed by atoms with Crippen LogP contribution in [0.2, 0.25) is 0 Å². The first-order chi connectivity index (χ1) is 7.92. The summed E-state index contributed by atoms with van der Waals surface area (Å²) in [5, 5.41) is 3.81. The third-order valence-electron chi connectivity index (χ3n) is 4.96. The maximum absolute atomic E-state index is 3.81. The van der Waals surface area contributed by atoms with Crippen LogP contribution in [0.3, 0.4) is 0 Å². The number of hydrogen-bond donors (Lipinski definition) is 1. The topological polar surface area (TPSA) is 15.3 Å². The van der Waals surface area contributed by atoms with E-state index in [9.17, 15) is 0 Å². The highest BCUT2D eigenvalue weighted by atomic mass is 15.2. The zero-order valence-electron chi connectivity index (χ0n) is 10.5. The van der Waals surface area contributed by atoms with Crippen LogP contribution < -0.4 is 5.32 Å². The van der Waals surface area contributed by atoms with E-state index in [2.05, 4.69) is 10.2 Å². The minimum atomic E-state index is 0.801. The Hall–Kier alpha value is -0.0800. The molecule has 0 aromatic heterocycles. The number of likely N-dealkylation sites (tertiary alicyclic amines) is 1. The Labute approximate surface area is 99.8 Å². The molecule has 16 heavy (non-hydrogen) atoms. The van der Waals surface area contributed by atoms with Gasteiger partial charge in [0.2, 0.25) is 0 Å². The van der Waals surface area contributed by atoms with Gasteiger partial charge in [-0.05, 0) is 57.5 Å². The molecule has 1 aliphatic heterocycles. The van der Waals surface area contributed by atoms with Gasteiger partial charge in [-0.15, -0.1) is 0 Å². The Morgan fingerprint density at radius 3 is 2.38 bits per heavy atom. The molecule has 1 N–H and O–H groups in total. The van der Waals surface area contributed by atoms with E-state index >= 15 is 0 Å². The zero-order chi connectivity index (χ0) is 10.8. The average molecular weight is 222 g/mol. The predicted octanol–water partition coefficient (Wildman–Crippen LogP) is 2.39. The molecule has 92 valence electrons. The second-order valence-electron chi connectivity index (χ2n) is 6.12. The Morgan fingerprint density at radius 2 is 1.75 bits per heavy atom. The fourth-order valence-electron chi connectivity index (χ4n) is 3.29. The molecule has 0 aromatic carbocycles. The third kappa shape index (κ3) is 2.43. The maximum Gasteiger partial charge on any atom is 0.0195 e. The molecule has 1 unspecified atom stereocenters. The number of nitrogens with zero attached hydrogens (tertiary/aromatic N) is 1. The SMILES string of the molecule is C1CC(CNC2CCCN(C3CCC3)C2)C1. The maximum atomic E-state index is 3.81. The van der Waals surface area contributed by atoms with E-state index in [4.69, 9.17) is 0 Å². The summed E-state index contributed by atoms with van der Waals surface area (Å²) in [6.07, 6.45) is 11.7. The summed E-state index contributed by atoms with van der Waals surface area (Å²) >= 11 is 0. The summed E-state index contributed by atoms with van der Waals surface area (Å²) in [6.45, 7) is 3.99. The van der Waals surface area contributed by atoms with Crippen LogP contribution in [-0.4, -0.2) is 36.6 Å². The largest absolute Gasteiger partial charge is 0.312 e. The molecule has 1 saturated heterocycles. The molecule has 3 rings (SSSR count). The van der Waals surface area contributed by atoms with E-state index in [1.54, 1.807) is 0 Å². The van der Waals surface area contributed by atoms with Crippen molar-refractivity contribution in [3.8, 4) is 0 Å². The Kier molecular flexibility index (Phi) is 3.49. The molecule has 0 aromatic rings. The zero-order valence-corrected chi connectivity index (χ0v) is 10.5. The highest BCUT2D eigenvalue weighted by molar-refractivity contribution is 4.87. The van der Waals surface area contributed by atoms with Gasteiger partial charge in [-0.2, -0.15) is 0 Å². The van der Waals surface area contributed by atoms with Gasteiger partial charge in [0.05, 0.1) is 0 Å². The van der Waals surface area contributed by atoms with Crippen molar-refractivity contribution in [1.29, 1.82) is 0 Å². The van der Waals surface area contributed by atoms with Crippen LogP contribution in [0.5, 0.6) is 0 Å². The van der Waals surface area contributed by atoms with Crippen LogP contribution in [0.25, 0.3) is 0 Å². The van der Waals surface area contributed by atoms with Crippen LogP contribution in [0.15, 0.2) is 0 Å². The lowest BCUT2D eigenvalue weighted by atomic mass is 9.85. The number of hydrogen-bond acceptors (Lipinski definition) is 2. The second-order valence-corrected chi connectivity index (χ2v) is 6.12. The van der Waals surface area contributed by atoms with Crippen LogP contribution in [0, 0.1) is 5.92 Å². The minimum absolute atomic E-state index is 0.801. The van der Waals surface area contributed by atoms with Gasteiger partial charge < -0.3 is 5.32 Å². The highest BCUT2D eigenvalue weighted by Gasteiger charge is 2.29. The molecule has 2 aliphatic carbocycles. The molecule has 1 heterocycles. The van der Waals surface area contributed by atoms with Crippen molar-refractivity contribution in [2.45, 2.75) is 63.5 Å². The van der Waals surface area contributed by atoms with Crippen LogP contribution in [-0.2, 0) is 0 Å². The van der Waals surface area contributed by atoms with Crippen molar-refractivity contribution in [3.63, 3.8) is 0 Å². The lowest BCUT2D eigenvalue weighted by Crippen LogP contribution is -2.52. The van der Waals surface area contributed by atoms with Gasteiger partial charge in [-0.3, -0.25) is 4.90 Å². The van der Waals surface area contributed by atoms with Gasteiger partial charge in [0.1, 0.15) is 0 Å². The number of rotatable bonds is 4. The first-order valence-corrected chi connectivity index (χ1v) is 7.39. The summed E-state index contributed by atoms with van der Waals surface area (Å²) in [4.78, 5) is 2.76. The van der Waals surface area contributed by atoms with Gasteiger partial charge in [-0.1, -0.05) is 12.8 Å². The third-order valence-corrected chi connectivity index (χ3v) is 4.96. The molecule has 3 fully saturated rings. The molecule has 0 amide bonds. The normalized spacial score (nSPS) is 33.4. The van der Waals surface area contributed by atoms with Crippen molar-refractivity contribution in [3.05, 3.63) is 0 Å². The van der Waals surface area contributed by atoms with Gasteiger partial charge in [-0.25, -0.2) is 0 Å². The molecule has 0 spiro atoms. The van der Waals surface area contributed by atoms with Crippen molar-refractivity contribution in [2.75, 3.05) is 19.6 Å². The molecule has 0 radical (unpaired) electrons. The highest BCUT2D eigenvalue weighted by Crippen LogP contribution is 2.28. The molecular weight excluding hydrogens is 196 g/mol. The minimum Gasteiger partial charge on any atom is -0.312 e. The van der Waals surface area contributed by atoms with Crippen molar-refractivity contribution in [1.82, 2.24) is 10.2 Å². The van der Waals surface area contributed by atoms with E-state index in [0.29, 0.717) is 0 Å².